The molecule has 2 aromatic rings. The van der Waals surface area contributed by atoms with E-state index < -0.39 is 5.97 Å². The van der Waals surface area contributed by atoms with Crippen molar-refractivity contribution < 1.29 is 9.90 Å². The summed E-state index contributed by atoms with van der Waals surface area (Å²) in [6.07, 6.45) is 3.65. The summed E-state index contributed by atoms with van der Waals surface area (Å²) in [5.41, 5.74) is 1.93. The summed E-state index contributed by atoms with van der Waals surface area (Å²) in [6, 6.07) is 3.89. The van der Waals surface area contributed by atoms with Crippen LogP contribution in [0.25, 0.3) is 11.0 Å². The van der Waals surface area contributed by atoms with Gasteiger partial charge in [-0.25, -0.2) is 4.98 Å². The number of nitrogens with zero attached hydrogens (tertiary/aromatic N) is 2. The van der Waals surface area contributed by atoms with Gasteiger partial charge in [0.2, 0.25) is 0 Å². The second kappa shape index (κ2) is 5.84. The van der Waals surface area contributed by atoms with Crippen LogP contribution in [0.5, 0.6) is 0 Å². The van der Waals surface area contributed by atoms with Gasteiger partial charge in [0, 0.05) is 30.9 Å². The van der Waals surface area contributed by atoms with E-state index in [4.69, 9.17) is 5.11 Å². The molecule has 2 heterocycles. The van der Waals surface area contributed by atoms with Crippen LogP contribution in [-0.2, 0) is 11.3 Å². The zero-order valence-electron chi connectivity index (χ0n) is 11.3. The molecule has 19 heavy (non-hydrogen) atoms. The molecule has 0 unspecified atom stereocenters. The number of H-pyrrole nitrogens is 1. The van der Waals surface area contributed by atoms with Gasteiger partial charge in [0.15, 0.2) is 0 Å². The molecule has 2 N–H and O–H groups in total. The molecule has 0 aromatic carbocycles. The Balaban J connectivity index is 2.18. The van der Waals surface area contributed by atoms with Crippen LogP contribution in [0, 0.1) is 5.92 Å². The Morgan fingerprint density at radius 2 is 2.32 bits per heavy atom. The van der Waals surface area contributed by atoms with Crippen molar-refractivity contribution in [2.75, 3.05) is 13.1 Å². The third-order valence-corrected chi connectivity index (χ3v) is 2.91. The maximum absolute atomic E-state index is 10.9. The topological polar surface area (TPSA) is 69.2 Å². The number of carboxylic acids is 1. The van der Waals surface area contributed by atoms with Crippen LogP contribution >= 0.6 is 0 Å². The SMILES string of the molecule is CC(C)CN(CC(=O)O)Cc1c[nH]c2ncccc12. The summed E-state index contributed by atoms with van der Waals surface area (Å²) in [4.78, 5) is 20.2. The molecule has 2 rings (SSSR count). The van der Waals surface area contributed by atoms with E-state index >= 15 is 0 Å². The Kier molecular flexibility index (Phi) is 4.16. The smallest absolute Gasteiger partial charge is 0.317 e. The van der Waals surface area contributed by atoms with E-state index in [-0.39, 0.29) is 6.54 Å². The summed E-state index contributed by atoms with van der Waals surface area (Å²) in [7, 11) is 0. The van der Waals surface area contributed by atoms with Crippen LogP contribution in [-0.4, -0.2) is 39.0 Å². The first-order valence-corrected chi connectivity index (χ1v) is 6.41. The van der Waals surface area contributed by atoms with E-state index in [0.717, 1.165) is 23.1 Å². The lowest BCUT2D eigenvalue weighted by atomic mass is 10.1. The van der Waals surface area contributed by atoms with Crippen molar-refractivity contribution in [2.45, 2.75) is 20.4 Å². The largest absolute Gasteiger partial charge is 0.480 e. The molecule has 5 nitrogen and oxygen atoms in total. The van der Waals surface area contributed by atoms with E-state index in [2.05, 4.69) is 23.8 Å². The normalized spacial score (nSPS) is 11.6. The summed E-state index contributed by atoms with van der Waals surface area (Å²) >= 11 is 0. The molecule has 0 radical (unpaired) electrons. The van der Waals surface area contributed by atoms with Crippen LogP contribution in [0.1, 0.15) is 19.4 Å². The number of aromatic amines is 1. The zero-order chi connectivity index (χ0) is 13.8. The highest BCUT2D eigenvalue weighted by atomic mass is 16.4. The Morgan fingerprint density at radius 1 is 1.53 bits per heavy atom. The molecular weight excluding hydrogens is 242 g/mol. The summed E-state index contributed by atoms with van der Waals surface area (Å²) in [6.45, 7) is 5.62. The van der Waals surface area contributed by atoms with Crippen LogP contribution in [0.4, 0.5) is 0 Å². The molecule has 0 saturated carbocycles. The minimum absolute atomic E-state index is 0.0606. The predicted octanol–water partition coefficient (Wildman–Crippen LogP) is 2.11. The average Bonchev–Trinajstić information content (AvgIpc) is 2.71. The van der Waals surface area contributed by atoms with E-state index in [1.165, 1.54) is 0 Å². The molecule has 2 aromatic heterocycles. The highest BCUT2D eigenvalue weighted by Gasteiger charge is 2.14. The number of fused-ring (bicyclic) bond motifs is 1. The van der Waals surface area contributed by atoms with Crippen LogP contribution in [0.3, 0.4) is 0 Å². The Hall–Kier alpha value is -1.88. The van der Waals surface area contributed by atoms with Crippen molar-refractivity contribution in [1.29, 1.82) is 0 Å². The summed E-state index contributed by atoms with van der Waals surface area (Å²) in [5, 5.41) is 10.0. The lowest BCUT2D eigenvalue weighted by molar-refractivity contribution is -0.138. The van der Waals surface area contributed by atoms with Crippen molar-refractivity contribution in [3.05, 3.63) is 30.1 Å². The van der Waals surface area contributed by atoms with E-state index in [0.29, 0.717) is 12.5 Å². The average molecular weight is 261 g/mol. The minimum atomic E-state index is -0.793. The van der Waals surface area contributed by atoms with Crippen LogP contribution < -0.4 is 0 Å². The fourth-order valence-electron chi connectivity index (χ4n) is 2.28. The number of aliphatic carboxylic acids is 1. The van der Waals surface area contributed by atoms with Crippen molar-refractivity contribution in [1.82, 2.24) is 14.9 Å². The second-order valence-corrected chi connectivity index (χ2v) is 5.17. The molecule has 0 aliphatic carbocycles. The van der Waals surface area contributed by atoms with E-state index in [9.17, 15) is 4.79 Å². The van der Waals surface area contributed by atoms with Gasteiger partial charge in [0.25, 0.3) is 0 Å². The van der Waals surface area contributed by atoms with Crippen LogP contribution in [0.2, 0.25) is 0 Å². The van der Waals surface area contributed by atoms with Crippen molar-refractivity contribution in [3.63, 3.8) is 0 Å². The van der Waals surface area contributed by atoms with Gasteiger partial charge in [-0.3, -0.25) is 9.69 Å². The third kappa shape index (κ3) is 3.54. The molecule has 102 valence electrons. The molecule has 0 saturated heterocycles. The second-order valence-electron chi connectivity index (χ2n) is 5.17. The van der Waals surface area contributed by atoms with Gasteiger partial charge in [-0.05, 0) is 23.6 Å². The van der Waals surface area contributed by atoms with Gasteiger partial charge < -0.3 is 10.1 Å². The fraction of sp³-hybridized carbons (Fsp3) is 0.429. The maximum Gasteiger partial charge on any atom is 0.317 e. The third-order valence-electron chi connectivity index (χ3n) is 2.91. The lowest BCUT2D eigenvalue weighted by Crippen LogP contribution is -2.32. The summed E-state index contributed by atoms with van der Waals surface area (Å²) in [5.74, 6) is -0.360. The highest BCUT2D eigenvalue weighted by molar-refractivity contribution is 5.79. The number of carbonyl (C=O) groups is 1. The van der Waals surface area contributed by atoms with Gasteiger partial charge in [-0.2, -0.15) is 0 Å². The number of aromatic nitrogens is 2. The molecule has 0 atom stereocenters. The summed E-state index contributed by atoms with van der Waals surface area (Å²) < 4.78 is 0. The standard InChI is InChI=1S/C14H19N3O2/c1-10(2)7-17(9-13(18)19)8-11-6-16-14-12(11)4-3-5-15-14/h3-6,10H,7-9H2,1-2H3,(H,15,16)(H,18,19). The maximum atomic E-state index is 10.9. The van der Waals surface area contributed by atoms with Gasteiger partial charge in [0.05, 0.1) is 6.54 Å². The van der Waals surface area contributed by atoms with Crippen LogP contribution in [0.15, 0.2) is 24.5 Å². The van der Waals surface area contributed by atoms with Gasteiger partial charge in [-0.15, -0.1) is 0 Å². The van der Waals surface area contributed by atoms with Gasteiger partial charge >= 0.3 is 5.97 Å². The first-order chi connectivity index (χ1) is 9.06. The first-order valence-electron chi connectivity index (χ1n) is 6.41. The molecule has 0 bridgehead atoms. The van der Waals surface area contributed by atoms with Crippen molar-refractivity contribution >= 4 is 17.0 Å². The number of carboxylic acid groups (broad SMARTS) is 1. The number of hydrogen-bond acceptors (Lipinski definition) is 3. The zero-order valence-corrected chi connectivity index (χ0v) is 11.3. The monoisotopic (exact) mass is 261 g/mol. The Morgan fingerprint density at radius 3 is 3.00 bits per heavy atom. The molecule has 0 spiro atoms. The number of pyridine rings is 1. The molecule has 0 aliphatic heterocycles. The number of hydrogen-bond donors (Lipinski definition) is 2. The van der Waals surface area contributed by atoms with Crippen molar-refractivity contribution in [2.24, 2.45) is 5.92 Å². The van der Waals surface area contributed by atoms with Gasteiger partial charge in [0.1, 0.15) is 5.65 Å². The molecule has 0 aliphatic rings. The molecule has 5 heteroatoms. The predicted molar refractivity (Wildman–Crippen MR) is 73.8 cm³/mol. The van der Waals surface area contributed by atoms with E-state index in [1.807, 2.05) is 23.2 Å². The molecule has 0 amide bonds. The number of rotatable bonds is 6. The molecule has 0 fully saturated rings. The van der Waals surface area contributed by atoms with Crippen molar-refractivity contribution in [3.8, 4) is 0 Å². The fourth-order valence-corrected chi connectivity index (χ4v) is 2.28. The highest BCUT2D eigenvalue weighted by Crippen LogP contribution is 2.18. The minimum Gasteiger partial charge on any atom is -0.480 e. The van der Waals surface area contributed by atoms with E-state index in [1.54, 1.807) is 6.20 Å². The molecular formula is C14H19N3O2. The Bertz CT molecular complexity index is 563. The Labute approximate surface area is 112 Å². The quantitative estimate of drug-likeness (QED) is 0.835. The lowest BCUT2D eigenvalue weighted by Gasteiger charge is -2.21. The van der Waals surface area contributed by atoms with Gasteiger partial charge in [-0.1, -0.05) is 13.8 Å². The first kappa shape index (κ1) is 13.5. The number of nitrogens with one attached hydrogen (secondary N) is 1.